The van der Waals surface area contributed by atoms with Crippen molar-refractivity contribution in [1.29, 1.82) is 0 Å². The fourth-order valence-electron chi connectivity index (χ4n) is 3.74. The van der Waals surface area contributed by atoms with E-state index in [1.54, 1.807) is 0 Å². The van der Waals surface area contributed by atoms with E-state index in [0.717, 1.165) is 43.3 Å². The molecular weight excluding hydrogens is 326 g/mol. The van der Waals surface area contributed by atoms with Crippen LogP contribution in [-0.2, 0) is 4.79 Å². The fourth-order valence-corrected chi connectivity index (χ4v) is 3.74. The summed E-state index contributed by atoms with van der Waals surface area (Å²) in [7, 11) is 0. The Morgan fingerprint density at radius 3 is 2.46 bits per heavy atom. The number of primary amides is 1. The number of rotatable bonds is 5. The first kappa shape index (κ1) is 17.2. The summed E-state index contributed by atoms with van der Waals surface area (Å²) in [5, 5.41) is 4.87. The van der Waals surface area contributed by atoms with E-state index in [1.807, 2.05) is 0 Å². The van der Waals surface area contributed by atoms with Gasteiger partial charge < -0.3 is 5.73 Å². The van der Waals surface area contributed by atoms with Crippen molar-refractivity contribution in [1.82, 2.24) is 19.7 Å². The van der Waals surface area contributed by atoms with Crippen molar-refractivity contribution in [2.24, 2.45) is 5.73 Å². The topological polar surface area (TPSA) is 77.0 Å². The van der Waals surface area contributed by atoms with Crippen LogP contribution in [0.3, 0.4) is 0 Å². The number of aryl methyl sites for hydroxylation is 2. The van der Waals surface area contributed by atoms with Gasteiger partial charge in [0.15, 0.2) is 5.82 Å². The molecule has 4 rings (SSSR count). The predicted octanol–water partition coefficient (Wildman–Crippen LogP) is 2.43. The standard InChI is InChI=1S/C20H27N5O/c1-13-3-6-17(11-14(13)2)25-20(22-19(23-25)15-4-5-15)16-7-9-24(10-8-16)12-18(21)26/h3,6,11,15-16H,4-5,7-10,12H2,1-2H3,(H2,21,26). The number of likely N-dealkylation sites (tertiary alicyclic amines) is 1. The van der Waals surface area contributed by atoms with Gasteiger partial charge in [0, 0.05) is 11.8 Å². The molecule has 1 amide bonds. The molecule has 2 aromatic rings. The lowest BCUT2D eigenvalue weighted by Gasteiger charge is -2.30. The Labute approximate surface area is 154 Å². The van der Waals surface area contributed by atoms with Gasteiger partial charge in [0.2, 0.25) is 5.91 Å². The van der Waals surface area contributed by atoms with Gasteiger partial charge in [-0.2, -0.15) is 5.10 Å². The van der Waals surface area contributed by atoms with Gasteiger partial charge >= 0.3 is 0 Å². The van der Waals surface area contributed by atoms with Crippen molar-refractivity contribution < 1.29 is 4.79 Å². The van der Waals surface area contributed by atoms with Gasteiger partial charge in [-0.3, -0.25) is 9.69 Å². The monoisotopic (exact) mass is 353 g/mol. The Kier molecular flexibility index (Phi) is 4.53. The number of nitrogens with two attached hydrogens (primary N) is 1. The van der Waals surface area contributed by atoms with Crippen molar-refractivity contribution in [3.63, 3.8) is 0 Å². The number of carbonyl (C=O) groups excluding carboxylic acids is 1. The van der Waals surface area contributed by atoms with Gasteiger partial charge in [-0.05, 0) is 75.9 Å². The summed E-state index contributed by atoms with van der Waals surface area (Å²) in [6, 6.07) is 6.49. The molecule has 1 saturated carbocycles. The van der Waals surface area contributed by atoms with Gasteiger partial charge in [0.05, 0.1) is 12.2 Å². The summed E-state index contributed by atoms with van der Waals surface area (Å²) in [6.45, 7) is 6.38. The quantitative estimate of drug-likeness (QED) is 0.895. The van der Waals surface area contributed by atoms with E-state index in [1.165, 1.54) is 24.0 Å². The second-order valence-corrected chi connectivity index (χ2v) is 7.80. The lowest BCUT2D eigenvalue weighted by molar-refractivity contribution is -0.119. The van der Waals surface area contributed by atoms with E-state index in [9.17, 15) is 4.79 Å². The molecule has 0 spiro atoms. The van der Waals surface area contributed by atoms with Crippen molar-refractivity contribution in [3.05, 3.63) is 41.0 Å². The smallest absolute Gasteiger partial charge is 0.231 e. The van der Waals surface area contributed by atoms with Crippen LogP contribution in [0.15, 0.2) is 18.2 Å². The van der Waals surface area contributed by atoms with E-state index >= 15 is 0 Å². The highest BCUT2D eigenvalue weighted by atomic mass is 16.1. The van der Waals surface area contributed by atoms with Crippen LogP contribution in [0.2, 0.25) is 0 Å². The number of benzene rings is 1. The van der Waals surface area contributed by atoms with Crippen LogP contribution in [0.5, 0.6) is 0 Å². The summed E-state index contributed by atoms with van der Waals surface area (Å²) in [5.74, 6) is 2.74. The molecule has 0 radical (unpaired) electrons. The molecule has 1 aromatic heterocycles. The van der Waals surface area contributed by atoms with Crippen LogP contribution >= 0.6 is 0 Å². The summed E-state index contributed by atoms with van der Waals surface area (Å²) in [4.78, 5) is 18.2. The summed E-state index contributed by atoms with van der Waals surface area (Å²) in [6.07, 6.45) is 4.38. The largest absolute Gasteiger partial charge is 0.369 e. The Morgan fingerprint density at radius 2 is 1.85 bits per heavy atom. The molecule has 138 valence electrons. The number of carbonyl (C=O) groups is 1. The second kappa shape index (κ2) is 6.83. The van der Waals surface area contributed by atoms with Crippen molar-refractivity contribution in [2.45, 2.75) is 51.4 Å². The molecule has 1 aliphatic heterocycles. The first-order chi connectivity index (χ1) is 12.5. The maximum absolute atomic E-state index is 11.2. The molecule has 26 heavy (non-hydrogen) atoms. The highest BCUT2D eigenvalue weighted by Crippen LogP contribution is 2.39. The Hall–Kier alpha value is -2.21. The molecule has 0 atom stereocenters. The van der Waals surface area contributed by atoms with E-state index in [0.29, 0.717) is 18.4 Å². The highest BCUT2D eigenvalue weighted by Gasteiger charge is 2.32. The number of nitrogens with zero attached hydrogens (tertiary/aromatic N) is 4. The molecular formula is C20H27N5O. The molecule has 0 unspecified atom stereocenters. The van der Waals surface area contributed by atoms with Gasteiger partial charge in [-0.1, -0.05) is 6.07 Å². The van der Waals surface area contributed by atoms with Crippen LogP contribution in [0, 0.1) is 13.8 Å². The third kappa shape index (κ3) is 3.51. The Morgan fingerprint density at radius 1 is 1.12 bits per heavy atom. The zero-order valence-corrected chi connectivity index (χ0v) is 15.6. The van der Waals surface area contributed by atoms with Crippen LogP contribution in [0.4, 0.5) is 0 Å². The lowest BCUT2D eigenvalue weighted by Crippen LogP contribution is -2.39. The van der Waals surface area contributed by atoms with E-state index in [4.69, 9.17) is 15.8 Å². The average Bonchev–Trinajstić information content (AvgIpc) is 3.37. The maximum Gasteiger partial charge on any atom is 0.231 e. The summed E-state index contributed by atoms with van der Waals surface area (Å²) in [5.41, 5.74) is 8.99. The third-order valence-corrected chi connectivity index (χ3v) is 5.66. The molecule has 2 heterocycles. The van der Waals surface area contributed by atoms with Gasteiger partial charge in [0.25, 0.3) is 0 Å². The van der Waals surface area contributed by atoms with Gasteiger partial charge in [-0.15, -0.1) is 0 Å². The fraction of sp³-hybridized carbons (Fsp3) is 0.550. The minimum Gasteiger partial charge on any atom is -0.369 e. The number of amides is 1. The Bertz CT molecular complexity index is 816. The highest BCUT2D eigenvalue weighted by molar-refractivity contribution is 5.75. The normalized spacial score (nSPS) is 19.0. The maximum atomic E-state index is 11.2. The second-order valence-electron chi connectivity index (χ2n) is 7.80. The zero-order chi connectivity index (χ0) is 18.3. The predicted molar refractivity (Wildman–Crippen MR) is 100 cm³/mol. The summed E-state index contributed by atoms with van der Waals surface area (Å²) < 4.78 is 2.06. The summed E-state index contributed by atoms with van der Waals surface area (Å²) >= 11 is 0. The molecule has 1 saturated heterocycles. The molecule has 6 nitrogen and oxygen atoms in total. The van der Waals surface area contributed by atoms with Crippen LogP contribution < -0.4 is 5.73 Å². The van der Waals surface area contributed by atoms with Crippen LogP contribution in [0.1, 0.15) is 60.3 Å². The molecule has 2 fully saturated rings. The minimum atomic E-state index is -0.252. The third-order valence-electron chi connectivity index (χ3n) is 5.66. The molecule has 0 bridgehead atoms. The van der Waals surface area contributed by atoms with E-state index in [-0.39, 0.29) is 5.91 Å². The minimum absolute atomic E-state index is 0.252. The SMILES string of the molecule is Cc1ccc(-n2nc(C3CC3)nc2C2CCN(CC(N)=O)CC2)cc1C. The molecule has 6 heteroatoms. The average molecular weight is 353 g/mol. The number of aromatic nitrogens is 3. The van der Waals surface area contributed by atoms with Crippen molar-refractivity contribution in [2.75, 3.05) is 19.6 Å². The van der Waals surface area contributed by atoms with Crippen LogP contribution in [0.25, 0.3) is 5.69 Å². The van der Waals surface area contributed by atoms with Gasteiger partial charge in [0.1, 0.15) is 5.82 Å². The van der Waals surface area contributed by atoms with E-state index < -0.39 is 0 Å². The van der Waals surface area contributed by atoms with Crippen molar-refractivity contribution >= 4 is 5.91 Å². The number of piperidine rings is 1. The number of hydrogen-bond donors (Lipinski definition) is 1. The first-order valence-corrected chi connectivity index (χ1v) is 9.56. The molecule has 1 aliphatic carbocycles. The van der Waals surface area contributed by atoms with Crippen molar-refractivity contribution in [3.8, 4) is 5.69 Å². The number of hydrogen-bond acceptors (Lipinski definition) is 4. The van der Waals surface area contributed by atoms with Gasteiger partial charge in [-0.25, -0.2) is 9.67 Å². The molecule has 2 aliphatic rings. The first-order valence-electron chi connectivity index (χ1n) is 9.56. The molecule has 1 aromatic carbocycles. The Balaban J connectivity index is 1.61. The van der Waals surface area contributed by atoms with E-state index in [2.05, 4.69) is 41.6 Å². The van der Waals surface area contributed by atoms with Crippen LogP contribution in [-0.4, -0.2) is 45.2 Å². The lowest BCUT2D eigenvalue weighted by atomic mass is 9.95. The zero-order valence-electron chi connectivity index (χ0n) is 15.6. The molecule has 2 N–H and O–H groups in total.